The smallest absolute Gasteiger partial charge is 0.0275 e. The molecular weight excluding hydrogens is 280 g/mol. The Morgan fingerprint density at radius 1 is 0.652 bits per heavy atom. The van der Waals surface area contributed by atoms with E-state index in [1.807, 2.05) is 12.1 Å². The van der Waals surface area contributed by atoms with Crippen LogP contribution in [-0.2, 0) is 0 Å². The molecule has 2 aromatic carbocycles. The molecule has 0 saturated heterocycles. The second-order valence-corrected chi connectivity index (χ2v) is 6.06. The van der Waals surface area contributed by atoms with Gasteiger partial charge in [-0.15, -0.1) is 0 Å². The van der Waals surface area contributed by atoms with Crippen molar-refractivity contribution in [2.24, 2.45) is 0 Å². The zero-order valence-corrected chi connectivity index (χ0v) is 14.5. The van der Waals surface area contributed by atoms with Gasteiger partial charge in [0.2, 0.25) is 0 Å². The van der Waals surface area contributed by atoms with Crippen LogP contribution in [0, 0.1) is 0 Å². The molecule has 0 atom stereocenters. The highest BCUT2D eigenvalue weighted by Crippen LogP contribution is 2.20. The molecule has 2 aromatic rings. The van der Waals surface area contributed by atoms with Crippen LogP contribution in [0.1, 0.15) is 17.5 Å². The first kappa shape index (κ1) is 16.9. The van der Waals surface area contributed by atoms with Crippen LogP contribution in [0.25, 0.3) is 12.2 Å². The molecule has 0 radical (unpaired) electrons. The highest BCUT2D eigenvalue weighted by molar-refractivity contribution is 5.56. The molecule has 120 valence electrons. The quantitative estimate of drug-likeness (QED) is 0.770. The van der Waals surface area contributed by atoms with Gasteiger partial charge in [0.05, 0.1) is 0 Å². The van der Waals surface area contributed by atoms with Crippen molar-refractivity contribution >= 4 is 12.2 Å². The van der Waals surface area contributed by atoms with Crippen LogP contribution >= 0.6 is 0 Å². The van der Waals surface area contributed by atoms with E-state index in [-0.39, 0.29) is 0 Å². The lowest BCUT2D eigenvalue weighted by Gasteiger charge is -2.23. The van der Waals surface area contributed by atoms with Crippen molar-refractivity contribution in [1.82, 2.24) is 9.80 Å². The molecule has 0 spiro atoms. The fraction of sp³-hybridized carbons (Fsp3) is 0.238. The summed E-state index contributed by atoms with van der Waals surface area (Å²) in [4.78, 5) is 4.38. The van der Waals surface area contributed by atoms with Crippen LogP contribution in [0.15, 0.2) is 72.1 Å². The van der Waals surface area contributed by atoms with Gasteiger partial charge in [-0.05, 0) is 23.3 Å². The molecule has 0 bridgehead atoms. The molecule has 0 heterocycles. The fourth-order valence-corrected chi connectivity index (χ4v) is 2.35. The Morgan fingerprint density at radius 2 is 1.00 bits per heavy atom. The third-order valence-corrected chi connectivity index (χ3v) is 3.78. The summed E-state index contributed by atoms with van der Waals surface area (Å²) in [5.41, 5.74) is 5.03. The van der Waals surface area contributed by atoms with Gasteiger partial charge in [-0.2, -0.15) is 0 Å². The van der Waals surface area contributed by atoms with E-state index in [9.17, 15) is 0 Å². The highest BCUT2D eigenvalue weighted by Gasteiger charge is 2.07. The van der Waals surface area contributed by atoms with Gasteiger partial charge in [0.25, 0.3) is 0 Å². The molecule has 0 saturated carbocycles. The molecule has 2 nitrogen and oxygen atoms in total. The van der Waals surface area contributed by atoms with Crippen LogP contribution < -0.4 is 0 Å². The van der Waals surface area contributed by atoms with Gasteiger partial charge in [-0.25, -0.2) is 0 Å². The fourth-order valence-electron chi connectivity index (χ4n) is 2.35. The summed E-state index contributed by atoms with van der Waals surface area (Å²) in [5.74, 6) is 0. The number of benzene rings is 2. The van der Waals surface area contributed by atoms with E-state index in [1.54, 1.807) is 0 Å². The topological polar surface area (TPSA) is 6.48 Å². The second-order valence-electron chi connectivity index (χ2n) is 6.06. The summed E-state index contributed by atoms with van der Waals surface area (Å²) in [5, 5.41) is 0. The van der Waals surface area contributed by atoms with Gasteiger partial charge in [0.1, 0.15) is 0 Å². The first-order valence-corrected chi connectivity index (χ1v) is 7.92. The maximum absolute atomic E-state index is 2.25. The van der Waals surface area contributed by atoms with Crippen molar-refractivity contribution in [3.8, 4) is 0 Å². The van der Waals surface area contributed by atoms with E-state index >= 15 is 0 Å². The molecule has 0 aliphatic rings. The molecule has 0 fully saturated rings. The van der Waals surface area contributed by atoms with E-state index in [0.29, 0.717) is 0 Å². The van der Waals surface area contributed by atoms with E-state index in [2.05, 4.69) is 98.7 Å². The lowest BCUT2D eigenvalue weighted by Crippen LogP contribution is -2.17. The molecule has 2 heteroatoms. The van der Waals surface area contributed by atoms with E-state index in [4.69, 9.17) is 0 Å². The first-order chi connectivity index (χ1) is 11.1. The predicted molar refractivity (Wildman–Crippen MR) is 101 cm³/mol. The van der Waals surface area contributed by atoms with Crippen molar-refractivity contribution in [2.45, 2.75) is 6.42 Å². The van der Waals surface area contributed by atoms with Crippen LogP contribution in [-0.4, -0.2) is 38.0 Å². The average molecular weight is 306 g/mol. The zero-order chi connectivity index (χ0) is 16.7. The summed E-state index contributed by atoms with van der Waals surface area (Å²) < 4.78 is 0. The number of rotatable bonds is 6. The van der Waals surface area contributed by atoms with Gasteiger partial charge in [0.15, 0.2) is 0 Å². The average Bonchev–Trinajstić information content (AvgIpc) is 2.55. The van der Waals surface area contributed by atoms with Gasteiger partial charge in [0, 0.05) is 46.0 Å². The van der Waals surface area contributed by atoms with Gasteiger partial charge in [-0.3, -0.25) is 0 Å². The lowest BCUT2D eigenvalue weighted by atomic mass is 10.1. The molecule has 23 heavy (non-hydrogen) atoms. The number of hydrogen-bond acceptors (Lipinski definition) is 2. The normalized spacial score (nSPS) is 12.2. The molecule has 0 amide bonds. The third-order valence-electron chi connectivity index (χ3n) is 3.78. The maximum Gasteiger partial charge on any atom is 0.0275 e. The second kappa shape index (κ2) is 8.23. The van der Waals surface area contributed by atoms with E-state index in [1.165, 1.54) is 22.5 Å². The minimum absolute atomic E-state index is 0.893. The molecule has 0 aliphatic heterocycles. The van der Waals surface area contributed by atoms with Crippen LogP contribution in [0.5, 0.6) is 0 Å². The lowest BCUT2D eigenvalue weighted by molar-refractivity contribution is 0.454. The van der Waals surface area contributed by atoms with Crippen molar-refractivity contribution in [2.75, 3.05) is 28.2 Å². The summed E-state index contributed by atoms with van der Waals surface area (Å²) in [6.07, 6.45) is 5.40. The molecule has 0 aromatic heterocycles. The van der Waals surface area contributed by atoms with E-state index < -0.39 is 0 Å². The molecule has 0 N–H and O–H groups in total. The van der Waals surface area contributed by atoms with E-state index in [0.717, 1.165) is 6.42 Å². The van der Waals surface area contributed by atoms with Crippen molar-refractivity contribution in [3.05, 3.63) is 83.2 Å². The molecule has 0 aliphatic carbocycles. The Kier molecular flexibility index (Phi) is 6.04. The number of nitrogens with zero attached hydrogens (tertiary/aromatic N) is 2. The Balaban J connectivity index is 2.29. The summed E-state index contributed by atoms with van der Waals surface area (Å²) in [6, 6.07) is 21.0. The first-order valence-electron chi connectivity index (χ1n) is 7.92. The molecule has 2 rings (SSSR count). The summed E-state index contributed by atoms with van der Waals surface area (Å²) in [6.45, 7) is 0. The summed E-state index contributed by atoms with van der Waals surface area (Å²) >= 11 is 0. The predicted octanol–water partition coefficient (Wildman–Crippen LogP) is 4.58. The SMILES string of the molecule is CN(C)C(=Cc1ccccc1)CC(=Cc1ccccc1)N(C)C. The Morgan fingerprint density at radius 3 is 1.30 bits per heavy atom. The minimum Gasteiger partial charge on any atom is -0.381 e. The largest absolute Gasteiger partial charge is 0.381 e. The van der Waals surface area contributed by atoms with Gasteiger partial charge in [-0.1, -0.05) is 60.7 Å². The zero-order valence-electron chi connectivity index (χ0n) is 14.5. The Hall–Kier alpha value is -2.48. The third kappa shape index (κ3) is 5.33. The Bertz CT molecular complexity index is 593. The van der Waals surface area contributed by atoms with Crippen LogP contribution in [0.4, 0.5) is 0 Å². The van der Waals surface area contributed by atoms with Crippen molar-refractivity contribution < 1.29 is 0 Å². The van der Waals surface area contributed by atoms with Crippen LogP contribution in [0.3, 0.4) is 0 Å². The molecule has 0 unspecified atom stereocenters. The van der Waals surface area contributed by atoms with Crippen molar-refractivity contribution in [3.63, 3.8) is 0 Å². The minimum atomic E-state index is 0.893. The highest BCUT2D eigenvalue weighted by atomic mass is 15.1. The monoisotopic (exact) mass is 306 g/mol. The standard InChI is InChI=1S/C21H26N2/c1-22(2)20(15-18-11-7-5-8-12-18)17-21(23(3)4)16-19-13-9-6-10-14-19/h5-16H,17H2,1-4H3. The van der Waals surface area contributed by atoms with Crippen molar-refractivity contribution in [1.29, 1.82) is 0 Å². The molecular formula is C21H26N2. The van der Waals surface area contributed by atoms with Gasteiger partial charge < -0.3 is 9.80 Å². The maximum atomic E-state index is 2.25. The number of hydrogen-bond donors (Lipinski definition) is 0. The van der Waals surface area contributed by atoms with Gasteiger partial charge >= 0.3 is 0 Å². The van der Waals surface area contributed by atoms with Crippen LogP contribution in [0.2, 0.25) is 0 Å². The summed E-state index contributed by atoms with van der Waals surface area (Å²) in [7, 11) is 8.41. The Labute approximate surface area is 140 Å².